The van der Waals surface area contributed by atoms with E-state index >= 15 is 0 Å². The Balaban J connectivity index is 2.24. The molecule has 0 aromatic carbocycles. The van der Waals surface area contributed by atoms with Crippen molar-refractivity contribution in [2.75, 3.05) is 0 Å². The fraction of sp³-hybridized carbons (Fsp3) is 0.727. The van der Waals surface area contributed by atoms with E-state index in [2.05, 4.69) is 4.98 Å². The lowest BCUT2D eigenvalue weighted by Gasteiger charge is -2.04. The Kier molecular flexibility index (Phi) is 2.59. The average molecular weight is 194 g/mol. The summed E-state index contributed by atoms with van der Waals surface area (Å²) in [7, 11) is 0. The summed E-state index contributed by atoms with van der Waals surface area (Å²) >= 11 is 0. The van der Waals surface area contributed by atoms with Crippen LogP contribution in [0.15, 0.2) is 4.42 Å². The zero-order valence-corrected chi connectivity index (χ0v) is 8.92. The lowest BCUT2D eigenvalue weighted by Crippen LogP contribution is -2.05. The molecule has 1 unspecified atom stereocenters. The molecule has 1 saturated carbocycles. The van der Waals surface area contributed by atoms with Crippen LogP contribution in [0.5, 0.6) is 0 Å². The second-order valence-electron chi connectivity index (χ2n) is 4.26. The van der Waals surface area contributed by atoms with Gasteiger partial charge >= 0.3 is 0 Å². The van der Waals surface area contributed by atoms with Crippen LogP contribution in [-0.4, -0.2) is 4.98 Å². The number of nitrogens with two attached hydrogens (primary N) is 1. The minimum atomic E-state index is -0.0937. The van der Waals surface area contributed by atoms with E-state index in [1.54, 1.807) is 0 Å². The highest BCUT2D eigenvalue weighted by Gasteiger charge is 2.23. The SMILES string of the molecule is Cc1oc(C(C)N)nc1C1CCCC1. The third kappa shape index (κ3) is 1.69. The molecular weight excluding hydrogens is 176 g/mol. The van der Waals surface area contributed by atoms with Crippen molar-refractivity contribution in [3.8, 4) is 0 Å². The van der Waals surface area contributed by atoms with Crippen LogP contribution in [0.3, 0.4) is 0 Å². The Bertz CT molecular complexity index is 311. The maximum Gasteiger partial charge on any atom is 0.211 e. The third-order valence-corrected chi connectivity index (χ3v) is 2.98. The predicted octanol–water partition coefficient (Wildman–Crippen LogP) is 2.66. The van der Waals surface area contributed by atoms with E-state index in [4.69, 9.17) is 10.2 Å². The van der Waals surface area contributed by atoms with Crippen molar-refractivity contribution >= 4 is 0 Å². The van der Waals surface area contributed by atoms with E-state index in [0.29, 0.717) is 11.8 Å². The molecule has 1 atom stereocenters. The molecule has 1 heterocycles. The molecule has 78 valence electrons. The second-order valence-corrected chi connectivity index (χ2v) is 4.26. The van der Waals surface area contributed by atoms with Gasteiger partial charge in [0, 0.05) is 5.92 Å². The van der Waals surface area contributed by atoms with Crippen molar-refractivity contribution in [1.82, 2.24) is 4.98 Å². The molecule has 3 heteroatoms. The Labute approximate surface area is 84.7 Å². The lowest BCUT2D eigenvalue weighted by molar-refractivity contribution is 0.443. The molecule has 1 fully saturated rings. The van der Waals surface area contributed by atoms with Gasteiger partial charge in [0.2, 0.25) is 5.89 Å². The number of oxazole rings is 1. The van der Waals surface area contributed by atoms with Gasteiger partial charge in [0.25, 0.3) is 0 Å². The van der Waals surface area contributed by atoms with Gasteiger partial charge < -0.3 is 10.2 Å². The highest BCUT2D eigenvalue weighted by atomic mass is 16.4. The monoisotopic (exact) mass is 194 g/mol. The normalized spacial score (nSPS) is 20.2. The van der Waals surface area contributed by atoms with Crippen LogP contribution in [0.25, 0.3) is 0 Å². The van der Waals surface area contributed by atoms with Crippen molar-refractivity contribution in [2.24, 2.45) is 5.73 Å². The molecule has 0 aliphatic heterocycles. The number of aryl methyl sites for hydroxylation is 1. The Morgan fingerprint density at radius 3 is 2.57 bits per heavy atom. The molecule has 2 rings (SSSR count). The van der Waals surface area contributed by atoms with Crippen LogP contribution in [0.1, 0.15) is 61.9 Å². The van der Waals surface area contributed by atoms with E-state index in [1.807, 2.05) is 13.8 Å². The first-order valence-corrected chi connectivity index (χ1v) is 5.41. The van der Waals surface area contributed by atoms with Crippen molar-refractivity contribution in [2.45, 2.75) is 51.5 Å². The summed E-state index contributed by atoms with van der Waals surface area (Å²) < 4.78 is 5.55. The molecule has 0 radical (unpaired) electrons. The summed E-state index contributed by atoms with van der Waals surface area (Å²) in [6, 6.07) is -0.0937. The van der Waals surface area contributed by atoms with Gasteiger partial charge in [-0.1, -0.05) is 12.8 Å². The Morgan fingerprint density at radius 2 is 2.07 bits per heavy atom. The molecule has 1 aromatic rings. The zero-order chi connectivity index (χ0) is 10.1. The molecule has 0 bridgehead atoms. The molecule has 1 aliphatic rings. The number of hydrogen-bond acceptors (Lipinski definition) is 3. The van der Waals surface area contributed by atoms with Crippen LogP contribution in [0, 0.1) is 6.92 Å². The summed E-state index contributed by atoms with van der Waals surface area (Å²) in [6.45, 7) is 3.90. The van der Waals surface area contributed by atoms with Crippen LogP contribution in [0.2, 0.25) is 0 Å². The zero-order valence-electron chi connectivity index (χ0n) is 8.92. The van der Waals surface area contributed by atoms with Gasteiger partial charge in [0.05, 0.1) is 11.7 Å². The van der Waals surface area contributed by atoms with Gasteiger partial charge in [-0.05, 0) is 26.7 Å². The smallest absolute Gasteiger partial charge is 0.211 e. The first-order valence-electron chi connectivity index (χ1n) is 5.41. The standard InChI is InChI=1S/C11H18N2O/c1-7(12)11-13-10(8(2)14-11)9-5-3-4-6-9/h7,9H,3-6,12H2,1-2H3. The van der Waals surface area contributed by atoms with Crippen LogP contribution in [0.4, 0.5) is 0 Å². The van der Waals surface area contributed by atoms with Crippen LogP contribution in [-0.2, 0) is 0 Å². The number of nitrogens with zero attached hydrogens (tertiary/aromatic N) is 1. The minimum absolute atomic E-state index is 0.0937. The van der Waals surface area contributed by atoms with Crippen molar-refractivity contribution in [3.05, 3.63) is 17.3 Å². The number of hydrogen-bond donors (Lipinski definition) is 1. The van der Waals surface area contributed by atoms with Crippen LogP contribution >= 0.6 is 0 Å². The highest BCUT2D eigenvalue weighted by Crippen LogP contribution is 2.35. The minimum Gasteiger partial charge on any atom is -0.444 e. The average Bonchev–Trinajstić information content (AvgIpc) is 2.71. The quantitative estimate of drug-likeness (QED) is 0.787. The summed E-state index contributed by atoms with van der Waals surface area (Å²) in [4.78, 5) is 4.50. The van der Waals surface area contributed by atoms with E-state index in [0.717, 1.165) is 11.5 Å². The molecule has 1 aliphatic carbocycles. The predicted molar refractivity (Wildman–Crippen MR) is 55.1 cm³/mol. The molecular formula is C11H18N2O. The maximum atomic E-state index is 5.74. The molecule has 1 aromatic heterocycles. The first kappa shape index (κ1) is 9.71. The summed E-state index contributed by atoms with van der Waals surface area (Å²) in [5, 5.41) is 0. The summed E-state index contributed by atoms with van der Waals surface area (Å²) in [6.07, 6.45) is 5.16. The second kappa shape index (κ2) is 3.73. The van der Waals surface area contributed by atoms with Gasteiger partial charge in [-0.3, -0.25) is 0 Å². The van der Waals surface area contributed by atoms with Crippen LogP contribution < -0.4 is 5.73 Å². The molecule has 14 heavy (non-hydrogen) atoms. The van der Waals surface area contributed by atoms with E-state index in [1.165, 1.54) is 25.7 Å². The summed E-state index contributed by atoms with van der Waals surface area (Å²) in [5.74, 6) is 2.26. The molecule has 0 saturated heterocycles. The number of rotatable bonds is 2. The number of aromatic nitrogens is 1. The van der Waals surface area contributed by atoms with E-state index in [-0.39, 0.29) is 6.04 Å². The van der Waals surface area contributed by atoms with Gasteiger partial charge in [0.15, 0.2) is 0 Å². The van der Waals surface area contributed by atoms with Gasteiger partial charge in [-0.15, -0.1) is 0 Å². The molecule has 2 N–H and O–H groups in total. The van der Waals surface area contributed by atoms with Gasteiger partial charge in [-0.25, -0.2) is 4.98 Å². The highest BCUT2D eigenvalue weighted by molar-refractivity contribution is 5.15. The fourth-order valence-corrected chi connectivity index (χ4v) is 2.20. The van der Waals surface area contributed by atoms with Crippen molar-refractivity contribution in [1.29, 1.82) is 0 Å². The molecule has 0 amide bonds. The Hall–Kier alpha value is -0.830. The topological polar surface area (TPSA) is 52.0 Å². The lowest BCUT2D eigenvalue weighted by atomic mass is 10.0. The molecule has 0 spiro atoms. The van der Waals surface area contributed by atoms with Crippen molar-refractivity contribution < 1.29 is 4.42 Å². The maximum absolute atomic E-state index is 5.74. The Morgan fingerprint density at radius 1 is 1.43 bits per heavy atom. The van der Waals surface area contributed by atoms with Gasteiger partial charge in [0.1, 0.15) is 5.76 Å². The van der Waals surface area contributed by atoms with E-state index in [9.17, 15) is 0 Å². The van der Waals surface area contributed by atoms with E-state index < -0.39 is 0 Å². The largest absolute Gasteiger partial charge is 0.444 e. The van der Waals surface area contributed by atoms with Crippen molar-refractivity contribution in [3.63, 3.8) is 0 Å². The third-order valence-electron chi connectivity index (χ3n) is 2.98. The fourth-order valence-electron chi connectivity index (χ4n) is 2.20. The summed E-state index contributed by atoms with van der Waals surface area (Å²) in [5.41, 5.74) is 6.89. The first-order chi connectivity index (χ1) is 6.68. The molecule has 3 nitrogen and oxygen atoms in total. The van der Waals surface area contributed by atoms with Gasteiger partial charge in [-0.2, -0.15) is 0 Å².